The number of hydrogen-bond donors (Lipinski definition) is 1. The third kappa shape index (κ3) is 4.28. The van der Waals surface area contributed by atoms with Crippen molar-refractivity contribution in [1.82, 2.24) is 15.4 Å². The van der Waals surface area contributed by atoms with Gasteiger partial charge in [-0.1, -0.05) is 17.3 Å². The molecule has 1 N–H and O–H groups in total. The van der Waals surface area contributed by atoms with Crippen molar-refractivity contribution in [3.63, 3.8) is 0 Å². The Bertz CT molecular complexity index is 759. The first kappa shape index (κ1) is 19.7. The van der Waals surface area contributed by atoms with Gasteiger partial charge in [-0.2, -0.15) is 0 Å². The number of benzene rings is 1. The number of nitrogens with zero attached hydrogens (tertiary/aromatic N) is 2. The Morgan fingerprint density at radius 2 is 1.89 bits per heavy atom. The molecule has 2 fully saturated rings. The first-order chi connectivity index (χ1) is 12.6. The van der Waals surface area contributed by atoms with Gasteiger partial charge in [-0.3, -0.25) is 4.79 Å². The second kappa shape index (κ2) is 8.31. The molecule has 1 amide bonds. The van der Waals surface area contributed by atoms with Gasteiger partial charge in [0.1, 0.15) is 18.1 Å². The Kier molecular flexibility index (Phi) is 6.07. The van der Waals surface area contributed by atoms with Gasteiger partial charge in [-0.15, -0.1) is 12.4 Å². The van der Waals surface area contributed by atoms with Crippen LogP contribution in [0.15, 0.2) is 28.8 Å². The molecule has 7 heteroatoms. The molecule has 1 aromatic carbocycles. The molecule has 4 rings (SSSR count). The average Bonchev–Trinajstić information content (AvgIpc) is 3.30. The van der Waals surface area contributed by atoms with Crippen LogP contribution in [-0.4, -0.2) is 42.1 Å². The summed E-state index contributed by atoms with van der Waals surface area (Å²) in [6.07, 6.45) is 0.455. The van der Waals surface area contributed by atoms with E-state index >= 15 is 0 Å². The fourth-order valence-electron chi connectivity index (χ4n) is 3.91. The van der Waals surface area contributed by atoms with Crippen LogP contribution in [0.1, 0.15) is 22.6 Å². The lowest BCUT2D eigenvalue weighted by molar-refractivity contribution is -0.129. The molecule has 1 aromatic heterocycles. The number of likely N-dealkylation sites (tertiary alicyclic amines) is 1. The largest absolute Gasteiger partial charge is 0.489 e. The van der Waals surface area contributed by atoms with Crippen LogP contribution in [-0.2, 0) is 17.8 Å². The highest BCUT2D eigenvalue weighted by Crippen LogP contribution is 2.27. The maximum Gasteiger partial charge on any atom is 0.227 e. The van der Waals surface area contributed by atoms with Crippen molar-refractivity contribution in [3.8, 4) is 5.75 Å². The summed E-state index contributed by atoms with van der Waals surface area (Å²) in [6, 6.07) is 7.78. The van der Waals surface area contributed by atoms with E-state index in [1.165, 1.54) is 0 Å². The third-order valence-electron chi connectivity index (χ3n) is 5.59. The minimum absolute atomic E-state index is 0. The number of amides is 1. The van der Waals surface area contributed by atoms with Gasteiger partial charge in [0, 0.05) is 26.2 Å². The third-order valence-corrected chi connectivity index (χ3v) is 5.59. The molecule has 2 aromatic rings. The van der Waals surface area contributed by atoms with Crippen LogP contribution < -0.4 is 10.1 Å². The van der Waals surface area contributed by atoms with Gasteiger partial charge in [0.2, 0.25) is 5.91 Å². The number of aromatic nitrogens is 1. The zero-order valence-electron chi connectivity index (χ0n) is 15.7. The molecule has 2 aliphatic rings. The lowest BCUT2D eigenvalue weighted by Crippen LogP contribution is -2.32. The van der Waals surface area contributed by atoms with Crippen molar-refractivity contribution < 1.29 is 14.1 Å². The number of nitrogens with one attached hydrogen (secondary N) is 1. The van der Waals surface area contributed by atoms with Gasteiger partial charge in [-0.05, 0) is 43.4 Å². The van der Waals surface area contributed by atoms with Gasteiger partial charge in [-0.25, -0.2) is 0 Å². The van der Waals surface area contributed by atoms with Crippen LogP contribution in [0.5, 0.6) is 5.75 Å². The monoisotopic (exact) mass is 391 g/mol. The molecule has 6 nitrogen and oxygen atoms in total. The molecular weight excluding hydrogens is 366 g/mol. The molecule has 2 atom stereocenters. The van der Waals surface area contributed by atoms with Gasteiger partial charge in [0.05, 0.1) is 17.7 Å². The fourth-order valence-corrected chi connectivity index (χ4v) is 3.91. The standard InChI is InChI=1S/C20H25N3O3.ClH/c1-13-19(14(2)26-22-13)12-25-18-5-3-15(4-6-18)7-20(24)23-10-16-8-21-9-17(16)11-23;/h3-6,16-17,21H,7-12H2,1-2H3;1H/t16-,17+;. The number of aryl methyl sites for hydroxylation is 2. The molecule has 2 aliphatic heterocycles. The number of hydrogen-bond acceptors (Lipinski definition) is 5. The molecule has 0 bridgehead atoms. The number of halogens is 1. The summed E-state index contributed by atoms with van der Waals surface area (Å²) in [5.74, 6) is 3.07. The minimum Gasteiger partial charge on any atom is -0.489 e. The van der Waals surface area contributed by atoms with Crippen molar-refractivity contribution >= 4 is 18.3 Å². The molecular formula is C20H26ClN3O3. The number of rotatable bonds is 5. The maximum atomic E-state index is 12.5. The van der Waals surface area contributed by atoms with Crippen molar-refractivity contribution in [3.05, 3.63) is 46.8 Å². The average molecular weight is 392 g/mol. The quantitative estimate of drug-likeness (QED) is 0.848. The Morgan fingerprint density at radius 3 is 2.48 bits per heavy atom. The fraction of sp³-hybridized carbons (Fsp3) is 0.500. The first-order valence-corrected chi connectivity index (χ1v) is 9.22. The molecule has 27 heavy (non-hydrogen) atoms. The van der Waals surface area contributed by atoms with E-state index in [0.717, 1.165) is 54.5 Å². The van der Waals surface area contributed by atoms with Crippen LogP contribution >= 0.6 is 12.4 Å². The van der Waals surface area contributed by atoms with Crippen LogP contribution in [0.25, 0.3) is 0 Å². The predicted octanol–water partition coefficient (Wildman–Crippen LogP) is 2.51. The predicted molar refractivity (Wildman–Crippen MR) is 104 cm³/mol. The Hall–Kier alpha value is -2.05. The van der Waals surface area contributed by atoms with Crippen molar-refractivity contribution in [2.24, 2.45) is 11.8 Å². The van der Waals surface area contributed by atoms with E-state index in [1.54, 1.807) is 0 Å². The molecule has 3 heterocycles. The number of carbonyl (C=O) groups excluding carboxylic acids is 1. The molecule has 0 radical (unpaired) electrons. The van der Waals surface area contributed by atoms with Crippen molar-refractivity contribution in [1.29, 1.82) is 0 Å². The van der Waals surface area contributed by atoms with E-state index < -0.39 is 0 Å². The van der Waals surface area contributed by atoms with Gasteiger partial charge in [0.15, 0.2) is 0 Å². The van der Waals surface area contributed by atoms with E-state index in [1.807, 2.05) is 43.0 Å². The zero-order valence-corrected chi connectivity index (χ0v) is 16.6. The topological polar surface area (TPSA) is 67.6 Å². The van der Waals surface area contributed by atoms with Crippen LogP contribution in [0.3, 0.4) is 0 Å². The summed E-state index contributed by atoms with van der Waals surface area (Å²) < 4.78 is 11.0. The van der Waals surface area contributed by atoms with Crippen LogP contribution in [0, 0.1) is 25.7 Å². The second-order valence-corrected chi connectivity index (χ2v) is 7.39. The maximum absolute atomic E-state index is 12.5. The highest BCUT2D eigenvalue weighted by molar-refractivity contribution is 5.85. The SMILES string of the molecule is Cc1noc(C)c1COc1ccc(CC(=O)N2C[C@H]3CNC[C@H]3C2)cc1.Cl. The van der Waals surface area contributed by atoms with Gasteiger partial charge in [0.25, 0.3) is 0 Å². The van der Waals surface area contributed by atoms with E-state index in [0.29, 0.717) is 24.9 Å². The van der Waals surface area contributed by atoms with E-state index in [4.69, 9.17) is 9.26 Å². The summed E-state index contributed by atoms with van der Waals surface area (Å²) in [5.41, 5.74) is 2.86. The second-order valence-electron chi connectivity index (χ2n) is 7.39. The summed E-state index contributed by atoms with van der Waals surface area (Å²) in [4.78, 5) is 14.6. The lowest BCUT2D eigenvalue weighted by atomic mass is 10.0. The van der Waals surface area contributed by atoms with E-state index in [-0.39, 0.29) is 18.3 Å². The molecule has 146 valence electrons. The number of ether oxygens (including phenoxy) is 1. The molecule has 0 spiro atoms. The normalized spacial score (nSPS) is 21.0. The highest BCUT2D eigenvalue weighted by atomic mass is 35.5. The van der Waals surface area contributed by atoms with Gasteiger partial charge < -0.3 is 19.5 Å². The Balaban J connectivity index is 0.00000210. The number of carbonyl (C=O) groups is 1. The highest BCUT2D eigenvalue weighted by Gasteiger charge is 2.37. The van der Waals surface area contributed by atoms with E-state index in [2.05, 4.69) is 10.5 Å². The number of fused-ring (bicyclic) bond motifs is 1. The molecule has 0 aliphatic carbocycles. The molecule has 0 saturated carbocycles. The zero-order chi connectivity index (χ0) is 18.1. The summed E-state index contributed by atoms with van der Waals surface area (Å²) >= 11 is 0. The Morgan fingerprint density at radius 1 is 1.22 bits per heavy atom. The van der Waals surface area contributed by atoms with E-state index in [9.17, 15) is 4.79 Å². The van der Waals surface area contributed by atoms with Crippen molar-refractivity contribution in [2.75, 3.05) is 26.2 Å². The summed E-state index contributed by atoms with van der Waals surface area (Å²) in [5, 5.41) is 7.34. The van der Waals surface area contributed by atoms with Crippen molar-refractivity contribution in [2.45, 2.75) is 26.9 Å². The smallest absolute Gasteiger partial charge is 0.227 e. The first-order valence-electron chi connectivity index (χ1n) is 9.22. The summed E-state index contributed by atoms with van der Waals surface area (Å²) in [6.45, 7) is 8.12. The van der Waals surface area contributed by atoms with Gasteiger partial charge >= 0.3 is 0 Å². The van der Waals surface area contributed by atoms with Crippen LogP contribution in [0.2, 0.25) is 0 Å². The minimum atomic E-state index is 0. The summed E-state index contributed by atoms with van der Waals surface area (Å²) in [7, 11) is 0. The van der Waals surface area contributed by atoms with Crippen LogP contribution in [0.4, 0.5) is 0 Å². The lowest BCUT2D eigenvalue weighted by Gasteiger charge is -2.17. The Labute approximate surface area is 165 Å². The molecule has 0 unspecified atom stereocenters. The molecule has 2 saturated heterocycles.